The Morgan fingerprint density at radius 3 is 2.45 bits per heavy atom. The van der Waals surface area contributed by atoms with Crippen LogP contribution >= 0.6 is 12.6 Å². The molecule has 2 heterocycles. The Balaban J connectivity index is 1.40. The number of fused-ring (bicyclic) bond motifs is 1. The number of rotatable bonds is 4. The molecule has 31 heavy (non-hydrogen) atoms. The maximum absolute atomic E-state index is 13.3. The number of carbonyl (C=O) groups excluding carboxylic acids is 1. The molecule has 2 aromatic carbocycles. The topological polar surface area (TPSA) is 60.5 Å². The van der Waals surface area contributed by atoms with Gasteiger partial charge in [-0.3, -0.25) is 4.79 Å². The molecule has 1 N–H and O–H groups in total. The fourth-order valence-electron chi connectivity index (χ4n) is 3.76. The summed E-state index contributed by atoms with van der Waals surface area (Å²) in [4.78, 5) is 18.6. The minimum atomic E-state index is -3.69. The first-order valence-corrected chi connectivity index (χ1v) is 10.2. The van der Waals surface area contributed by atoms with E-state index in [4.69, 9.17) is 0 Å². The molecule has 0 spiro atoms. The minimum absolute atomic E-state index is 0.0398. The number of ether oxygens (including phenoxy) is 2. The molecule has 158 valence electrons. The predicted molar refractivity (Wildman–Crippen MR) is 114 cm³/mol. The lowest BCUT2D eigenvalue weighted by atomic mass is 9.94. The number of anilines is 1. The lowest BCUT2D eigenvalue weighted by Gasteiger charge is -2.17. The van der Waals surface area contributed by atoms with E-state index in [1.54, 1.807) is 12.1 Å². The third-order valence-electron chi connectivity index (χ3n) is 5.62. The van der Waals surface area contributed by atoms with Crippen molar-refractivity contribution in [3.8, 4) is 22.8 Å². The van der Waals surface area contributed by atoms with Crippen LogP contribution in [0, 0.1) is 6.92 Å². The first-order chi connectivity index (χ1) is 14.8. The molecule has 3 aromatic rings. The molecule has 1 amide bonds. The highest BCUT2D eigenvalue weighted by molar-refractivity contribution is 7.80. The molecule has 5 nitrogen and oxygen atoms in total. The second kappa shape index (κ2) is 6.95. The van der Waals surface area contributed by atoms with Gasteiger partial charge in [0, 0.05) is 10.5 Å². The minimum Gasteiger partial charge on any atom is -0.395 e. The molecular formula is C23H18F2N2O3S. The zero-order valence-corrected chi connectivity index (χ0v) is 17.4. The highest BCUT2D eigenvalue weighted by Crippen LogP contribution is 2.52. The fraction of sp³-hybridized carbons (Fsp3) is 0.217. The van der Waals surface area contributed by atoms with Crippen molar-refractivity contribution >= 4 is 24.4 Å². The summed E-state index contributed by atoms with van der Waals surface area (Å²) in [6, 6.07) is 15.8. The smallest absolute Gasteiger partial charge is 0.395 e. The van der Waals surface area contributed by atoms with Crippen LogP contribution in [0.15, 0.2) is 59.5 Å². The van der Waals surface area contributed by atoms with Gasteiger partial charge in [0.05, 0.1) is 11.1 Å². The van der Waals surface area contributed by atoms with Gasteiger partial charge in [0.25, 0.3) is 0 Å². The van der Waals surface area contributed by atoms with E-state index < -0.39 is 11.7 Å². The largest absolute Gasteiger partial charge is 0.586 e. The molecule has 0 atom stereocenters. The SMILES string of the molecule is Cc1ccc(NC(=O)C2(c3ccc4c(c3)OC(F)(F)O4)CC2)nc1-c1ccc(S)cc1. The number of halogens is 2. The molecule has 8 heteroatoms. The van der Waals surface area contributed by atoms with Crippen LogP contribution in [-0.2, 0) is 10.2 Å². The Morgan fingerprint density at radius 1 is 1.03 bits per heavy atom. The number of benzene rings is 2. The van der Waals surface area contributed by atoms with Crippen molar-refractivity contribution in [3.63, 3.8) is 0 Å². The summed E-state index contributed by atoms with van der Waals surface area (Å²) in [5, 5.41) is 2.89. The second-order valence-electron chi connectivity index (χ2n) is 7.77. The standard InChI is InChI=1S/C23H18F2N2O3S/c1-13-2-9-19(26-20(13)14-3-6-16(31)7-4-14)27-21(28)22(10-11-22)15-5-8-17-18(12-15)30-23(24,25)29-17/h2-9,12,31H,10-11H2,1H3,(H,26,27,28). The lowest BCUT2D eigenvalue weighted by molar-refractivity contribution is -0.286. The van der Waals surface area contributed by atoms with Gasteiger partial charge < -0.3 is 14.8 Å². The number of pyridine rings is 1. The Bertz CT molecular complexity index is 1190. The predicted octanol–water partition coefficient (Wildman–Crippen LogP) is 5.34. The van der Waals surface area contributed by atoms with Crippen LogP contribution in [0.25, 0.3) is 11.3 Å². The van der Waals surface area contributed by atoms with Gasteiger partial charge in [-0.2, -0.15) is 0 Å². The molecular weight excluding hydrogens is 422 g/mol. The number of aryl methyl sites for hydroxylation is 1. The summed E-state index contributed by atoms with van der Waals surface area (Å²) >= 11 is 4.31. The van der Waals surface area contributed by atoms with E-state index in [1.165, 1.54) is 12.1 Å². The normalized spacial score (nSPS) is 17.3. The monoisotopic (exact) mass is 440 g/mol. The van der Waals surface area contributed by atoms with E-state index in [0.717, 1.165) is 21.7 Å². The molecule has 5 rings (SSSR count). The maximum Gasteiger partial charge on any atom is 0.586 e. The molecule has 2 aliphatic rings. The van der Waals surface area contributed by atoms with Gasteiger partial charge in [-0.15, -0.1) is 21.4 Å². The van der Waals surface area contributed by atoms with Crippen molar-refractivity contribution in [1.29, 1.82) is 0 Å². The van der Waals surface area contributed by atoms with Gasteiger partial charge in [-0.05, 0) is 61.2 Å². The van der Waals surface area contributed by atoms with Crippen LogP contribution in [0.5, 0.6) is 11.5 Å². The van der Waals surface area contributed by atoms with E-state index in [1.807, 2.05) is 37.3 Å². The summed E-state index contributed by atoms with van der Waals surface area (Å²) in [6.07, 6.45) is -2.47. The van der Waals surface area contributed by atoms with E-state index in [0.29, 0.717) is 24.2 Å². The van der Waals surface area contributed by atoms with Crippen LogP contribution in [-0.4, -0.2) is 17.2 Å². The molecule has 1 aliphatic carbocycles. The van der Waals surface area contributed by atoms with Gasteiger partial charge in [-0.1, -0.05) is 24.3 Å². The van der Waals surface area contributed by atoms with Crippen LogP contribution in [0.2, 0.25) is 0 Å². The molecule has 1 aliphatic heterocycles. The molecule has 1 aromatic heterocycles. The number of aromatic nitrogens is 1. The average Bonchev–Trinajstić information content (AvgIpc) is 3.47. The summed E-state index contributed by atoms with van der Waals surface area (Å²) in [7, 11) is 0. The summed E-state index contributed by atoms with van der Waals surface area (Å²) in [5.41, 5.74) is 2.48. The van der Waals surface area contributed by atoms with Crippen molar-refractivity contribution in [2.75, 3.05) is 5.32 Å². The number of hydrogen-bond acceptors (Lipinski definition) is 5. The van der Waals surface area contributed by atoms with E-state index in [2.05, 4.69) is 32.4 Å². The first kappa shape index (κ1) is 19.8. The van der Waals surface area contributed by atoms with Crippen molar-refractivity contribution < 1.29 is 23.0 Å². The Morgan fingerprint density at radius 2 is 1.74 bits per heavy atom. The Kier molecular flexibility index (Phi) is 4.44. The van der Waals surface area contributed by atoms with Crippen LogP contribution in [0.3, 0.4) is 0 Å². The molecule has 1 saturated carbocycles. The number of carbonyl (C=O) groups is 1. The first-order valence-electron chi connectivity index (χ1n) is 9.75. The number of hydrogen-bond donors (Lipinski definition) is 2. The third kappa shape index (κ3) is 3.61. The number of amides is 1. The van der Waals surface area contributed by atoms with Crippen LogP contribution < -0.4 is 14.8 Å². The Labute approximate surface area is 182 Å². The fourth-order valence-corrected chi connectivity index (χ4v) is 3.91. The third-order valence-corrected chi connectivity index (χ3v) is 5.92. The summed E-state index contributed by atoms with van der Waals surface area (Å²) in [5.74, 6) is 0.0947. The summed E-state index contributed by atoms with van der Waals surface area (Å²) < 4.78 is 35.6. The number of nitrogens with zero attached hydrogens (tertiary/aromatic N) is 1. The number of alkyl halides is 2. The lowest BCUT2D eigenvalue weighted by Crippen LogP contribution is -2.28. The highest BCUT2D eigenvalue weighted by atomic mass is 32.1. The quantitative estimate of drug-likeness (QED) is 0.538. The number of nitrogens with one attached hydrogen (secondary N) is 1. The zero-order chi connectivity index (χ0) is 21.8. The van der Waals surface area contributed by atoms with E-state index in [-0.39, 0.29) is 17.4 Å². The molecule has 0 radical (unpaired) electrons. The maximum atomic E-state index is 13.3. The van der Waals surface area contributed by atoms with Gasteiger partial charge in [-0.25, -0.2) is 4.98 Å². The Hall–Kier alpha value is -3.13. The molecule has 0 bridgehead atoms. The van der Waals surface area contributed by atoms with E-state index >= 15 is 0 Å². The summed E-state index contributed by atoms with van der Waals surface area (Å²) in [6.45, 7) is 1.95. The molecule has 0 unspecified atom stereocenters. The van der Waals surface area contributed by atoms with Crippen LogP contribution in [0.4, 0.5) is 14.6 Å². The van der Waals surface area contributed by atoms with Crippen molar-refractivity contribution in [2.24, 2.45) is 0 Å². The van der Waals surface area contributed by atoms with Crippen LogP contribution in [0.1, 0.15) is 24.0 Å². The molecule has 0 saturated heterocycles. The van der Waals surface area contributed by atoms with Crippen molar-refractivity contribution in [2.45, 2.75) is 36.4 Å². The van der Waals surface area contributed by atoms with Crippen molar-refractivity contribution in [3.05, 3.63) is 65.7 Å². The van der Waals surface area contributed by atoms with Gasteiger partial charge >= 0.3 is 6.29 Å². The van der Waals surface area contributed by atoms with Crippen molar-refractivity contribution in [1.82, 2.24) is 4.98 Å². The molecule has 1 fully saturated rings. The zero-order valence-electron chi connectivity index (χ0n) is 16.5. The average molecular weight is 440 g/mol. The highest BCUT2D eigenvalue weighted by Gasteiger charge is 2.53. The van der Waals surface area contributed by atoms with E-state index in [9.17, 15) is 13.6 Å². The van der Waals surface area contributed by atoms with Gasteiger partial charge in [0.15, 0.2) is 11.5 Å². The number of thiol groups is 1. The van der Waals surface area contributed by atoms with Gasteiger partial charge in [0.2, 0.25) is 5.91 Å². The second-order valence-corrected chi connectivity index (χ2v) is 8.29. The van der Waals surface area contributed by atoms with Gasteiger partial charge in [0.1, 0.15) is 5.82 Å².